The standard InChI is InChI=1S/C17H19NO/c1-17(11-12-18-17)15-7-9-16(10-8-15)19-13-14-5-3-2-4-6-14/h2-10,18H,11-13H2,1H3. The lowest BCUT2D eigenvalue weighted by Crippen LogP contribution is -2.51. The third-order valence-electron chi connectivity index (χ3n) is 3.88. The van der Waals surface area contributed by atoms with Gasteiger partial charge < -0.3 is 10.1 Å². The van der Waals surface area contributed by atoms with Gasteiger partial charge in [0.1, 0.15) is 12.4 Å². The molecule has 0 amide bonds. The van der Waals surface area contributed by atoms with Crippen LogP contribution >= 0.6 is 0 Å². The number of nitrogens with one attached hydrogen (secondary N) is 1. The minimum Gasteiger partial charge on any atom is -0.489 e. The average Bonchev–Trinajstić information content (AvgIpc) is 2.44. The molecule has 2 aromatic carbocycles. The van der Waals surface area contributed by atoms with Crippen LogP contribution in [0.1, 0.15) is 24.5 Å². The van der Waals surface area contributed by atoms with Crippen molar-refractivity contribution >= 4 is 0 Å². The predicted molar refractivity (Wildman–Crippen MR) is 77.2 cm³/mol. The van der Waals surface area contributed by atoms with Gasteiger partial charge in [0.15, 0.2) is 0 Å². The maximum Gasteiger partial charge on any atom is 0.119 e. The molecule has 1 atom stereocenters. The van der Waals surface area contributed by atoms with Crippen molar-refractivity contribution in [2.45, 2.75) is 25.5 Å². The fraction of sp³-hybridized carbons (Fsp3) is 0.294. The number of hydrogen-bond donors (Lipinski definition) is 1. The van der Waals surface area contributed by atoms with Gasteiger partial charge in [0.25, 0.3) is 0 Å². The molecule has 1 aliphatic heterocycles. The summed E-state index contributed by atoms with van der Waals surface area (Å²) >= 11 is 0. The quantitative estimate of drug-likeness (QED) is 0.900. The Balaban J connectivity index is 1.63. The molecule has 19 heavy (non-hydrogen) atoms. The van der Waals surface area contributed by atoms with Crippen molar-refractivity contribution < 1.29 is 4.74 Å². The lowest BCUT2D eigenvalue weighted by molar-refractivity contribution is 0.236. The van der Waals surface area contributed by atoms with Crippen molar-refractivity contribution in [3.63, 3.8) is 0 Å². The molecule has 1 unspecified atom stereocenters. The van der Waals surface area contributed by atoms with Crippen LogP contribution in [0.3, 0.4) is 0 Å². The Kier molecular flexibility index (Phi) is 3.26. The molecule has 1 heterocycles. The van der Waals surface area contributed by atoms with Crippen molar-refractivity contribution in [2.24, 2.45) is 0 Å². The summed E-state index contributed by atoms with van der Waals surface area (Å²) in [6, 6.07) is 18.7. The zero-order valence-electron chi connectivity index (χ0n) is 11.2. The topological polar surface area (TPSA) is 21.3 Å². The largest absolute Gasteiger partial charge is 0.489 e. The Bertz CT molecular complexity index is 529. The van der Waals surface area contributed by atoms with Crippen molar-refractivity contribution in [2.75, 3.05) is 6.54 Å². The van der Waals surface area contributed by atoms with E-state index in [-0.39, 0.29) is 5.54 Å². The van der Waals surface area contributed by atoms with Crippen LogP contribution in [0.2, 0.25) is 0 Å². The number of benzene rings is 2. The zero-order chi connectivity index (χ0) is 13.1. The Morgan fingerprint density at radius 1 is 1.05 bits per heavy atom. The first kappa shape index (κ1) is 12.2. The van der Waals surface area contributed by atoms with Gasteiger partial charge >= 0.3 is 0 Å². The highest BCUT2D eigenvalue weighted by Crippen LogP contribution is 2.31. The monoisotopic (exact) mass is 253 g/mol. The van der Waals surface area contributed by atoms with E-state index in [4.69, 9.17) is 4.74 Å². The van der Waals surface area contributed by atoms with Crippen LogP contribution in [-0.2, 0) is 12.1 Å². The van der Waals surface area contributed by atoms with E-state index < -0.39 is 0 Å². The third-order valence-corrected chi connectivity index (χ3v) is 3.88. The molecule has 1 fully saturated rings. The molecule has 98 valence electrons. The molecule has 0 bridgehead atoms. The van der Waals surface area contributed by atoms with Crippen molar-refractivity contribution in [1.29, 1.82) is 0 Å². The van der Waals surface area contributed by atoms with E-state index in [9.17, 15) is 0 Å². The van der Waals surface area contributed by atoms with E-state index in [0.29, 0.717) is 6.61 Å². The van der Waals surface area contributed by atoms with E-state index in [2.05, 4.69) is 48.6 Å². The van der Waals surface area contributed by atoms with Gasteiger partial charge in [0.05, 0.1) is 0 Å². The first-order chi connectivity index (χ1) is 9.26. The summed E-state index contributed by atoms with van der Waals surface area (Å²) in [6.45, 7) is 3.98. The van der Waals surface area contributed by atoms with Crippen LogP contribution in [0, 0.1) is 0 Å². The maximum absolute atomic E-state index is 5.79. The second-order valence-electron chi connectivity index (χ2n) is 5.31. The first-order valence-electron chi connectivity index (χ1n) is 6.79. The predicted octanol–water partition coefficient (Wildman–Crippen LogP) is 3.47. The molecular weight excluding hydrogens is 234 g/mol. The minimum absolute atomic E-state index is 0.165. The van der Waals surface area contributed by atoms with E-state index in [1.807, 2.05) is 18.2 Å². The number of hydrogen-bond acceptors (Lipinski definition) is 2. The Hall–Kier alpha value is -1.80. The van der Waals surface area contributed by atoms with Crippen molar-refractivity contribution in [3.8, 4) is 5.75 Å². The minimum atomic E-state index is 0.165. The van der Waals surface area contributed by atoms with Crippen molar-refractivity contribution in [3.05, 3.63) is 65.7 Å². The Morgan fingerprint density at radius 2 is 1.74 bits per heavy atom. The Labute approximate surface area is 114 Å². The molecule has 0 spiro atoms. The summed E-state index contributed by atoms with van der Waals surface area (Å²) in [6.07, 6.45) is 1.21. The molecule has 1 saturated heterocycles. The molecule has 2 nitrogen and oxygen atoms in total. The molecule has 1 aliphatic rings. The summed E-state index contributed by atoms with van der Waals surface area (Å²) in [7, 11) is 0. The molecular formula is C17H19NO. The summed E-state index contributed by atoms with van der Waals surface area (Å²) < 4.78 is 5.79. The highest BCUT2D eigenvalue weighted by atomic mass is 16.5. The van der Waals surface area contributed by atoms with Gasteiger partial charge in [0, 0.05) is 5.54 Å². The van der Waals surface area contributed by atoms with Gasteiger partial charge in [-0.15, -0.1) is 0 Å². The van der Waals surface area contributed by atoms with E-state index >= 15 is 0 Å². The fourth-order valence-corrected chi connectivity index (χ4v) is 2.41. The van der Waals surface area contributed by atoms with Crippen molar-refractivity contribution in [1.82, 2.24) is 5.32 Å². The summed E-state index contributed by atoms with van der Waals surface area (Å²) in [5, 5.41) is 3.47. The third kappa shape index (κ3) is 2.64. The van der Waals surface area contributed by atoms with Crippen LogP contribution in [0.4, 0.5) is 0 Å². The molecule has 0 radical (unpaired) electrons. The van der Waals surface area contributed by atoms with E-state index in [0.717, 1.165) is 12.3 Å². The first-order valence-corrected chi connectivity index (χ1v) is 6.79. The molecule has 2 heteroatoms. The highest BCUT2D eigenvalue weighted by molar-refractivity contribution is 5.33. The van der Waals surface area contributed by atoms with Gasteiger partial charge in [-0.2, -0.15) is 0 Å². The zero-order valence-corrected chi connectivity index (χ0v) is 11.2. The van der Waals surface area contributed by atoms with Crippen LogP contribution < -0.4 is 10.1 Å². The second-order valence-corrected chi connectivity index (χ2v) is 5.31. The smallest absolute Gasteiger partial charge is 0.119 e. The van der Waals surface area contributed by atoms with Gasteiger partial charge in [-0.1, -0.05) is 42.5 Å². The van der Waals surface area contributed by atoms with E-state index in [1.165, 1.54) is 17.5 Å². The SMILES string of the molecule is CC1(c2ccc(OCc3ccccc3)cc2)CCN1. The lowest BCUT2D eigenvalue weighted by atomic mass is 9.83. The molecule has 2 aromatic rings. The van der Waals surface area contributed by atoms with Crippen LogP contribution in [0.25, 0.3) is 0 Å². The van der Waals surface area contributed by atoms with Gasteiger partial charge in [-0.05, 0) is 43.1 Å². The van der Waals surface area contributed by atoms with Gasteiger partial charge in [-0.25, -0.2) is 0 Å². The number of rotatable bonds is 4. The average molecular weight is 253 g/mol. The lowest BCUT2D eigenvalue weighted by Gasteiger charge is -2.40. The van der Waals surface area contributed by atoms with Gasteiger partial charge in [0.2, 0.25) is 0 Å². The molecule has 0 aromatic heterocycles. The Morgan fingerprint density at radius 3 is 2.32 bits per heavy atom. The van der Waals surface area contributed by atoms with Gasteiger partial charge in [-0.3, -0.25) is 0 Å². The second kappa shape index (κ2) is 5.06. The molecule has 0 saturated carbocycles. The summed E-state index contributed by atoms with van der Waals surface area (Å²) in [5.41, 5.74) is 2.70. The summed E-state index contributed by atoms with van der Waals surface area (Å²) in [5.74, 6) is 0.926. The molecule has 0 aliphatic carbocycles. The fourth-order valence-electron chi connectivity index (χ4n) is 2.41. The highest BCUT2D eigenvalue weighted by Gasteiger charge is 2.32. The number of ether oxygens (including phenoxy) is 1. The van der Waals surface area contributed by atoms with E-state index in [1.54, 1.807) is 0 Å². The maximum atomic E-state index is 5.79. The molecule has 3 rings (SSSR count). The van der Waals surface area contributed by atoms with Crippen LogP contribution in [0.5, 0.6) is 5.75 Å². The summed E-state index contributed by atoms with van der Waals surface area (Å²) in [4.78, 5) is 0. The van der Waals surface area contributed by atoms with Crippen LogP contribution in [-0.4, -0.2) is 6.54 Å². The molecule has 1 N–H and O–H groups in total. The normalized spacial score (nSPS) is 21.7. The van der Waals surface area contributed by atoms with Crippen LogP contribution in [0.15, 0.2) is 54.6 Å².